The van der Waals surface area contributed by atoms with Crippen LogP contribution in [0.25, 0.3) is 0 Å². The third-order valence-corrected chi connectivity index (χ3v) is 4.18. The molecule has 0 amide bonds. The minimum absolute atomic E-state index is 0.145. The number of anilines is 1. The molecule has 0 fully saturated rings. The average Bonchev–Trinajstić information content (AvgIpc) is 2.54. The number of nitrogens with one attached hydrogen (secondary N) is 2. The van der Waals surface area contributed by atoms with Crippen LogP contribution in [0.1, 0.15) is 20.3 Å². The number of ether oxygens (including phenoxy) is 1. The topological polar surface area (TPSA) is 108 Å². The number of carbonyl (C=O) groups is 1. The van der Waals surface area contributed by atoms with Crippen LogP contribution in [0.2, 0.25) is 0 Å². The van der Waals surface area contributed by atoms with E-state index >= 15 is 0 Å². The molecule has 2 N–H and O–H groups in total. The summed E-state index contributed by atoms with van der Waals surface area (Å²) in [5.41, 5.74) is 0.365. The lowest BCUT2D eigenvalue weighted by Crippen LogP contribution is -2.24. The van der Waals surface area contributed by atoms with Gasteiger partial charge in [0, 0.05) is 18.4 Å². The molecule has 0 aliphatic carbocycles. The summed E-state index contributed by atoms with van der Waals surface area (Å²) in [6.45, 7) is 4.07. The van der Waals surface area contributed by atoms with Crippen LogP contribution in [-0.2, 0) is 19.6 Å². The highest BCUT2D eigenvalue weighted by Crippen LogP contribution is 2.14. The molecule has 23 heavy (non-hydrogen) atoms. The molecular weight excluding hydrogens is 318 g/mol. The highest BCUT2D eigenvalue weighted by atomic mass is 32.2. The standard InChI is InChI=1S/C15H19N3O4S/c1-3-9-18-23(20,21)14-7-5-13(6-8-14)17-11-12(10-16)15(19)22-4-2/h5-8,11,17-18H,3-4,9H2,1-2H3/b12-11+. The Morgan fingerprint density at radius 3 is 2.48 bits per heavy atom. The highest BCUT2D eigenvalue weighted by molar-refractivity contribution is 7.89. The van der Waals surface area contributed by atoms with Gasteiger partial charge in [-0.2, -0.15) is 5.26 Å². The summed E-state index contributed by atoms with van der Waals surface area (Å²) in [6.07, 6.45) is 1.92. The molecule has 0 heterocycles. The van der Waals surface area contributed by atoms with Crippen LogP contribution >= 0.6 is 0 Å². The van der Waals surface area contributed by atoms with Gasteiger partial charge < -0.3 is 10.1 Å². The Morgan fingerprint density at radius 1 is 1.30 bits per heavy atom. The third-order valence-electron chi connectivity index (χ3n) is 2.71. The summed E-state index contributed by atoms with van der Waals surface area (Å²) in [6, 6.07) is 7.68. The van der Waals surface area contributed by atoms with Crippen molar-refractivity contribution in [3.63, 3.8) is 0 Å². The average molecular weight is 337 g/mol. The Labute approximate surface area is 136 Å². The summed E-state index contributed by atoms with van der Waals surface area (Å²) in [4.78, 5) is 11.6. The number of hydrogen-bond donors (Lipinski definition) is 2. The van der Waals surface area contributed by atoms with Gasteiger partial charge in [0.1, 0.15) is 6.07 Å². The molecule has 124 valence electrons. The smallest absolute Gasteiger partial charge is 0.350 e. The molecule has 0 aromatic heterocycles. The zero-order chi connectivity index (χ0) is 17.3. The fourth-order valence-electron chi connectivity index (χ4n) is 1.55. The maximum absolute atomic E-state index is 11.9. The SMILES string of the molecule is CCCNS(=O)(=O)c1ccc(N/C=C(\C#N)C(=O)OCC)cc1. The number of hydrogen-bond acceptors (Lipinski definition) is 6. The van der Waals surface area contributed by atoms with Crippen LogP contribution in [0.3, 0.4) is 0 Å². The molecule has 0 aliphatic heterocycles. The van der Waals surface area contributed by atoms with Crippen molar-refractivity contribution in [3.05, 3.63) is 36.0 Å². The second-order valence-electron chi connectivity index (χ2n) is 4.46. The Hall–Kier alpha value is -2.37. The number of carbonyl (C=O) groups excluding carboxylic acids is 1. The van der Waals surface area contributed by atoms with Crippen molar-refractivity contribution in [2.24, 2.45) is 0 Å². The maximum atomic E-state index is 11.9. The minimum atomic E-state index is -3.52. The van der Waals surface area contributed by atoms with Gasteiger partial charge in [-0.15, -0.1) is 0 Å². The first-order valence-corrected chi connectivity index (χ1v) is 8.56. The van der Waals surface area contributed by atoms with Gasteiger partial charge in [0.2, 0.25) is 10.0 Å². The van der Waals surface area contributed by atoms with Crippen LogP contribution in [0.5, 0.6) is 0 Å². The first-order chi connectivity index (χ1) is 10.9. The predicted molar refractivity (Wildman–Crippen MR) is 85.9 cm³/mol. The van der Waals surface area contributed by atoms with Crippen molar-refractivity contribution >= 4 is 21.7 Å². The summed E-state index contributed by atoms with van der Waals surface area (Å²) in [7, 11) is -3.52. The van der Waals surface area contributed by atoms with E-state index < -0.39 is 16.0 Å². The van der Waals surface area contributed by atoms with Crippen molar-refractivity contribution in [3.8, 4) is 6.07 Å². The van der Waals surface area contributed by atoms with E-state index in [-0.39, 0.29) is 17.1 Å². The fourth-order valence-corrected chi connectivity index (χ4v) is 2.69. The van der Waals surface area contributed by atoms with Gasteiger partial charge in [-0.25, -0.2) is 17.9 Å². The first-order valence-electron chi connectivity index (χ1n) is 7.08. The molecule has 0 unspecified atom stereocenters. The molecule has 0 atom stereocenters. The van der Waals surface area contributed by atoms with Gasteiger partial charge in [0.15, 0.2) is 5.57 Å². The molecule has 7 nitrogen and oxygen atoms in total. The molecular formula is C15H19N3O4S. The van der Waals surface area contributed by atoms with E-state index in [9.17, 15) is 13.2 Å². The summed E-state index contributed by atoms with van der Waals surface area (Å²) in [5.74, 6) is -0.717. The first kappa shape index (κ1) is 18.7. The lowest BCUT2D eigenvalue weighted by molar-refractivity contribution is -0.138. The number of nitriles is 1. The van der Waals surface area contributed by atoms with Gasteiger partial charge in [-0.05, 0) is 37.6 Å². The lowest BCUT2D eigenvalue weighted by Gasteiger charge is -2.07. The van der Waals surface area contributed by atoms with Gasteiger partial charge in [0.05, 0.1) is 11.5 Å². The number of sulfonamides is 1. The normalized spacial score (nSPS) is 11.6. The van der Waals surface area contributed by atoms with Crippen molar-refractivity contribution in [1.82, 2.24) is 4.72 Å². The van der Waals surface area contributed by atoms with E-state index in [2.05, 4.69) is 10.0 Å². The maximum Gasteiger partial charge on any atom is 0.350 e. The Kier molecular flexibility index (Phi) is 7.25. The van der Waals surface area contributed by atoms with Gasteiger partial charge in [0.25, 0.3) is 0 Å². The fraction of sp³-hybridized carbons (Fsp3) is 0.333. The summed E-state index contributed by atoms with van der Waals surface area (Å²) in [5, 5.41) is 11.6. The molecule has 1 aromatic rings. The van der Waals surface area contributed by atoms with E-state index in [1.807, 2.05) is 6.92 Å². The second-order valence-corrected chi connectivity index (χ2v) is 6.22. The van der Waals surface area contributed by atoms with Crippen LogP contribution < -0.4 is 10.0 Å². The Bertz CT molecular complexity index is 703. The van der Waals surface area contributed by atoms with Gasteiger partial charge in [-0.3, -0.25) is 0 Å². The molecule has 8 heteroatoms. The molecule has 1 aromatic carbocycles. The van der Waals surface area contributed by atoms with Crippen molar-refractivity contribution in [2.75, 3.05) is 18.5 Å². The number of benzene rings is 1. The number of rotatable bonds is 8. The molecule has 0 saturated heterocycles. The second kappa shape index (κ2) is 8.92. The van der Waals surface area contributed by atoms with Gasteiger partial charge >= 0.3 is 5.97 Å². The largest absolute Gasteiger partial charge is 0.462 e. The van der Waals surface area contributed by atoms with Crippen LogP contribution in [0.15, 0.2) is 40.9 Å². The van der Waals surface area contributed by atoms with Gasteiger partial charge in [-0.1, -0.05) is 6.92 Å². The number of esters is 1. The molecule has 0 saturated carbocycles. The Morgan fingerprint density at radius 2 is 1.96 bits per heavy atom. The molecule has 0 aliphatic rings. The summed E-state index contributed by atoms with van der Waals surface area (Å²) >= 11 is 0. The van der Waals surface area contributed by atoms with E-state index in [1.165, 1.54) is 30.5 Å². The quantitative estimate of drug-likeness (QED) is 0.425. The van der Waals surface area contributed by atoms with Crippen molar-refractivity contribution < 1.29 is 17.9 Å². The van der Waals surface area contributed by atoms with E-state index in [4.69, 9.17) is 10.00 Å². The monoisotopic (exact) mass is 337 g/mol. The van der Waals surface area contributed by atoms with Crippen LogP contribution in [0.4, 0.5) is 5.69 Å². The van der Waals surface area contributed by atoms with Crippen molar-refractivity contribution in [2.45, 2.75) is 25.2 Å². The number of nitrogens with zero attached hydrogens (tertiary/aromatic N) is 1. The van der Waals surface area contributed by atoms with E-state index in [0.29, 0.717) is 18.7 Å². The molecule has 1 rings (SSSR count). The molecule has 0 spiro atoms. The lowest BCUT2D eigenvalue weighted by atomic mass is 10.3. The van der Waals surface area contributed by atoms with Crippen LogP contribution in [-0.4, -0.2) is 27.5 Å². The third kappa shape index (κ3) is 5.73. The van der Waals surface area contributed by atoms with Crippen LogP contribution in [0, 0.1) is 11.3 Å². The summed E-state index contributed by atoms with van der Waals surface area (Å²) < 4.78 is 31.1. The van der Waals surface area contributed by atoms with Crippen molar-refractivity contribution in [1.29, 1.82) is 5.26 Å². The molecule has 0 radical (unpaired) electrons. The van der Waals surface area contributed by atoms with E-state index in [0.717, 1.165) is 0 Å². The molecule has 0 bridgehead atoms. The Balaban J connectivity index is 2.82. The zero-order valence-corrected chi connectivity index (χ0v) is 13.8. The zero-order valence-electron chi connectivity index (χ0n) is 13.0. The van der Waals surface area contributed by atoms with E-state index in [1.54, 1.807) is 13.0 Å². The highest BCUT2D eigenvalue weighted by Gasteiger charge is 2.13. The minimum Gasteiger partial charge on any atom is -0.462 e. The predicted octanol–water partition coefficient (Wildman–Crippen LogP) is 1.76.